The van der Waals surface area contributed by atoms with Crippen LogP contribution in [-0.4, -0.2) is 127 Å². The molecular weight excluding hydrogens is 950 g/mol. The summed E-state index contributed by atoms with van der Waals surface area (Å²) in [6.07, 6.45) is 26.4. The van der Waals surface area contributed by atoms with E-state index in [9.17, 15) is 49.1 Å². The van der Waals surface area contributed by atoms with Gasteiger partial charge in [0.05, 0.1) is 19.8 Å². The normalized spacial score (nSPS) is 21.7. The summed E-state index contributed by atoms with van der Waals surface area (Å²) in [6, 6.07) is 0. The van der Waals surface area contributed by atoms with Gasteiger partial charge in [-0.25, -0.2) is 9.13 Å². The van der Waals surface area contributed by atoms with Crippen LogP contribution in [0.15, 0.2) is 36.5 Å². The summed E-state index contributed by atoms with van der Waals surface area (Å²) in [5, 5.41) is 51.3. The number of hydrogen-bond acceptors (Lipinski definition) is 15. The highest BCUT2D eigenvalue weighted by atomic mass is 31.2. The zero-order valence-electron chi connectivity index (χ0n) is 42.3. The van der Waals surface area contributed by atoms with E-state index in [0.717, 1.165) is 38.5 Å². The van der Waals surface area contributed by atoms with Gasteiger partial charge in [-0.05, 0) is 44.9 Å². The smallest absolute Gasteiger partial charge is 0.462 e. The lowest BCUT2D eigenvalue weighted by Crippen LogP contribution is -2.64. The summed E-state index contributed by atoms with van der Waals surface area (Å²) in [5.74, 6) is -1.00. The number of phosphoric ester groups is 2. The maximum Gasteiger partial charge on any atom is 0.472 e. The Morgan fingerprint density at radius 1 is 0.500 bits per heavy atom. The summed E-state index contributed by atoms with van der Waals surface area (Å²) in [6.45, 7) is 2.37. The molecule has 0 aliphatic heterocycles. The van der Waals surface area contributed by atoms with Crippen LogP contribution in [0.25, 0.3) is 0 Å². The van der Waals surface area contributed by atoms with E-state index in [4.69, 9.17) is 33.0 Å². The molecule has 0 aromatic rings. The molecule has 8 N–H and O–H groups in total. The first-order valence-electron chi connectivity index (χ1n) is 26.2. The zero-order chi connectivity index (χ0) is 51.9. The summed E-state index contributed by atoms with van der Waals surface area (Å²) in [5.41, 5.74) is 0. The van der Waals surface area contributed by atoms with Crippen molar-refractivity contribution in [3.8, 4) is 0 Å². The Labute approximate surface area is 418 Å². The molecule has 5 unspecified atom stereocenters. The van der Waals surface area contributed by atoms with Crippen molar-refractivity contribution in [3.63, 3.8) is 0 Å². The van der Waals surface area contributed by atoms with Crippen molar-refractivity contribution in [3.05, 3.63) is 36.5 Å². The van der Waals surface area contributed by atoms with Crippen LogP contribution >= 0.6 is 15.6 Å². The first-order valence-corrected chi connectivity index (χ1v) is 29.2. The molecule has 0 saturated heterocycles. The van der Waals surface area contributed by atoms with Gasteiger partial charge in [0.2, 0.25) is 0 Å². The molecule has 9 atom stereocenters. The minimum Gasteiger partial charge on any atom is -0.462 e. The van der Waals surface area contributed by atoms with E-state index < -0.39 is 89.6 Å². The van der Waals surface area contributed by atoms with Crippen molar-refractivity contribution in [1.82, 2.24) is 0 Å². The van der Waals surface area contributed by atoms with E-state index in [1.165, 1.54) is 109 Å². The number of carbonyl (C=O) groups excluding carboxylic acids is 2. The van der Waals surface area contributed by atoms with Gasteiger partial charge < -0.3 is 54.4 Å². The van der Waals surface area contributed by atoms with Crippen molar-refractivity contribution < 1.29 is 86.7 Å². The fourth-order valence-corrected chi connectivity index (χ4v) is 9.33. The number of aliphatic hydroxyl groups is 5. The third kappa shape index (κ3) is 35.3. The van der Waals surface area contributed by atoms with Gasteiger partial charge in [0.1, 0.15) is 49.3 Å². The Morgan fingerprint density at radius 3 is 1.46 bits per heavy atom. The van der Waals surface area contributed by atoms with Crippen LogP contribution in [0.2, 0.25) is 0 Å². The maximum absolute atomic E-state index is 12.8. The molecule has 70 heavy (non-hydrogen) atoms. The standard InChI is InChI=1S/C50H92O18P2/c1-3-5-7-9-11-13-15-17-19-20-22-24-26-28-30-32-34-36-44(53)66-42(40-64-43(52)35-33-31-29-27-25-23-21-18-16-14-12-10-8-6-4-2)39-63-37-41(51)38-65-70(61,62)68-50-47(56)45(54)46(55)49(48(50)57)67-69(58,59)60/h17,19,22,24,28,30,41-42,45-51,54-57H,3-16,18,20-21,23,25-27,29,31-40H2,1-2H3,(H,61,62)(H2,58,59,60)/b19-17-,24-22-,30-28-/t41-,42+,45?,46?,47?,48?,49-,50+/m1/s1. The molecular formula is C50H92O18P2. The fraction of sp³-hybridized carbons (Fsp3) is 0.840. The van der Waals surface area contributed by atoms with Crippen LogP contribution < -0.4 is 0 Å². The largest absolute Gasteiger partial charge is 0.472 e. The molecule has 0 aromatic carbocycles. The minimum absolute atomic E-state index is 0.0853. The van der Waals surface area contributed by atoms with Gasteiger partial charge in [-0.3, -0.25) is 23.2 Å². The van der Waals surface area contributed by atoms with E-state index in [1.807, 2.05) is 12.2 Å². The zero-order valence-corrected chi connectivity index (χ0v) is 44.1. The van der Waals surface area contributed by atoms with Gasteiger partial charge in [0.25, 0.3) is 0 Å². The number of esters is 2. The summed E-state index contributed by atoms with van der Waals surface area (Å²) in [4.78, 5) is 53.9. The second kappa shape index (κ2) is 41.5. The number of hydrogen-bond donors (Lipinski definition) is 8. The Morgan fingerprint density at radius 2 is 0.943 bits per heavy atom. The van der Waals surface area contributed by atoms with Crippen LogP contribution in [0.1, 0.15) is 194 Å². The SMILES string of the molecule is CCCCCCCC/C=C\C/C=C\C/C=C\CCCC(=O)O[C@@H](COC[C@@H](O)COP(=O)(O)O[C@H]1C(O)C(O)C(O)[C@@H](OP(=O)(O)O)C1O)COC(=O)CCCCCCCCCCCCCCCCC. The molecule has 0 bridgehead atoms. The van der Waals surface area contributed by atoms with Gasteiger partial charge in [-0.15, -0.1) is 0 Å². The predicted octanol–water partition coefficient (Wildman–Crippen LogP) is 8.89. The van der Waals surface area contributed by atoms with Crippen molar-refractivity contribution >= 4 is 27.6 Å². The van der Waals surface area contributed by atoms with E-state index in [1.54, 1.807) is 0 Å². The van der Waals surface area contributed by atoms with Gasteiger partial charge in [0, 0.05) is 12.8 Å². The van der Waals surface area contributed by atoms with E-state index in [2.05, 4.69) is 42.7 Å². The molecule has 20 heteroatoms. The van der Waals surface area contributed by atoms with Crippen molar-refractivity contribution in [2.45, 2.75) is 242 Å². The maximum atomic E-state index is 12.8. The minimum atomic E-state index is -5.37. The second-order valence-corrected chi connectivity index (χ2v) is 21.0. The lowest BCUT2D eigenvalue weighted by molar-refractivity contribution is -0.216. The number of allylic oxidation sites excluding steroid dienone is 6. The Hall–Kier alpha value is -1.86. The van der Waals surface area contributed by atoms with Crippen LogP contribution in [0, 0.1) is 0 Å². The number of carbonyl (C=O) groups is 2. The number of rotatable bonds is 45. The highest BCUT2D eigenvalue weighted by Crippen LogP contribution is 2.48. The highest BCUT2D eigenvalue weighted by Gasteiger charge is 2.54. The quantitative estimate of drug-likeness (QED) is 0.0122. The molecule has 1 aliphatic rings. The Kier molecular flexibility index (Phi) is 39.2. The molecule has 0 radical (unpaired) electrons. The van der Waals surface area contributed by atoms with Crippen molar-refractivity contribution in [2.75, 3.05) is 26.4 Å². The number of unbranched alkanes of at least 4 members (excludes halogenated alkanes) is 21. The molecule has 0 aromatic heterocycles. The van der Waals surface area contributed by atoms with E-state index in [-0.39, 0.29) is 26.1 Å². The summed E-state index contributed by atoms with van der Waals surface area (Å²) in [7, 11) is -10.6. The van der Waals surface area contributed by atoms with E-state index >= 15 is 0 Å². The monoisotopic (exact) mass is 1040 g/mol. The number of phosphoric acid groups is 2. The first kappa shape index (κ1) is 66.2. The van der Waals surface area contributed by atoms with E-state index in [0.29, 0.717) is 19.3 Å². The Balaban J connectivity index is 2.57. The van der Waals surface area contributed by atoms with Gasteiger partial charge in [-0.2, -0.15) is 0 Å². The van der Waals surface area contributed by atoms with Crippen molar-refractivity contribution in [1.29, 1.82) is 0 Å². The average Bonchev–Trinajstić information content (AvgIpc) is 3.31. The molecule has 410 valence electrons. The molecule has 0 spiro atoms. The molecule has 1 fully saturated rings. The number of aliphatic hydroxyl groups excluding tert-OH is 5. The summed E-state index contributed by atoms with van der Waals surface area (Å²) < 4.78 is 54.3. The third-order valence-corrected chi connectivity index (χ3v) is 13.3. The molecule has 0 amide bonds. The molecule has 1 aliphatic carbocycles. The van der Waals surface area contributed by atoms with Crippen LogP contribution in [0.5, 0.6) is 0 Å². The van der Waals surface area contributed by atoms with Gasteiger partial charge in [0.15, 0.2) is 6.10 Å². The Bertz CT molecular complexity index is 1510. The van der Waals surface area contributed by atoms with Crippen molar-refractivity contribution in [2.24, 2.45) is 0 Å². The molecule has 0 heterocycles. The predicted molar refractivity (Wildman–Crippen MR) is 267 cm³/mol. The highest BCUT2D eigenvalue weighted by molar-refractivity contribution is 7.47. The van der Waals surface area contributed by atoms with Gasteiger partial charge >= 0.3 is 27.6 Å². The molecule has 18 nitrogen and oxygen atoms in total. The average molecular weight is 1040 g/mol. The summed E-state index contributed by atoms with van der Waals surface area (Å²) >= 11 is 0. The third-order valence-electron chi connectivity index (χ3n) is 11.8. The lowest BCUT2D eigenvalue weighted by Gasteiger charge is -2.43. The first-order chi connectivity index (χ1) is 33.5. The van der Waals surface area contributed by atoms with Gasteiger partial charge in [-0.1, -0.05) is 172 Å². The molecule has 1 rings (SSSR count). The topological polar surface area (TPSA) is 285 Å². The number of ether oxygens (including phenoxy) is 3. The molecule has 1 saturated carbocycles. The van der Waals surface area contributed by atoms with Crippen LogP contribution in [0.3, 0.4) is 0 Å². The fourth-order valence-electron chi connectivity index (χ4n) is 7.78. The van der Waals surface area contributed by atoms with Crippen LogP contribution in [-0.2, 0) is 46.5 Å². The van der Waals surface area contributed by atoms with Crippen LogP contribution in [0.4, 0.5) is 0 Å². The second-order valence-electron chi connectivity index (χ2n) is 18.4. The lowest BCUT2D eigenvalue weighted by atomic mass is 9.85.